The van der Waals surface area contributed by atoms with Gasteiger partial charge in [-0.05, 0) is 60.7 Å². The molecular weight excluding hydrogens is 421 g/mol. The highest BCUT2D eigenvalue weighted by Crippen LogP contribution is 2.27. The van der Waals surface area contributed by atoms with Crippen molar-refractivity contribution >= 4 is 17.7 Å². The zero-order valence-electron chi connectivity index (χ0n) is 17.8. The zero-order valence-corrected chi connectivity index (χ0v) is 18.6. The summed E-state index contributed by atoms with van der Waals surface area (Å²) in [7, 11) is 0. The molecule has 1 amide bonds. The molecular formula is C26H24FN3OS. The highest BCUT2D eigenvalue weighted by Gasteiger charge is 2.14. The van der Waals surface area contributed by atoms with Gasteiger partial charge in [-0.25, -0.2) is 9.07 Å². The Kier molecular flexibility index (Phi) is 7.02. The fourth-order valence-electron chi connectivity index (χ4n) is 3.30. The SMILES string of the molecule is CCCSc1ccc(-c2nn(-c3ccccc3)cc2CNC(=O)c2ccc(F)cc2)cc1. The molecule has 0 radical (unpaired) electrons. The van der Waals surface area contributed by atoms with E-state index in [4.69, 9.17) is 5.10 Å². The van der Waals surface area contributed by atoms with Gasteiger partial charge in [0.05, 0.1) is 11.4 Å². The van der Waals surface area contributed by atoms with Crippen LogP contribution in [0, 0.1) is 5.82 Å². The van der Waals surface area contributed by atoms with Gasteiger partial charge in [-0.2, -0.15) is 5.10 Å². The lowest BCUT2D eigenvalue weighted by Crippen LogP contribution is -2.22. The Hall–Kier alpha value is -3.38. The van der Waals surface area contributed by atoms with Gasteiger partial charge in [0, 0.05) is 34.3 Å². The Bertz CT molecular complexity index is 1170. The van der Waals surface area contributed by atoms with Crippen molar-refractivity contribution < 1.29 is 9.18 Å². The molecule has 3 aromatic carbocycles. The summed E-state index contributed by atoms with van der Waals surface area (Å²) in [6.45, 7) is 2.48. The first kappa shape index (κ1) is 21.8. The average Bonchev–Trinajstić information content (AvgIpc) is 3.27. The van der Waals surface area contributed by atoms with Crippen molar-refractivity contribution in [3.05, 3.63) is 102 Å². The van der Waals surface area contributed by atoms with E-state index >= 15 is 0 Å². The van der Waals surface area contributed by atoms with Crippen molar-refractivity contribution in [2.24, 2.45) is 0 Å². The van der Waals surface area contributed by atoms with Gasteiger partial charge in [0.25, 0.3) is 5.91 Å². The summed E-state index contributed by atoms with van der Waals surface area (Å²) in [5.41, 5.74) is 4.07. The van der Waals surface area contributed by atoms with Gasteiger partial charge in [0.2, 0.25) is 0 Å². The van der Waals surface area contributed by atoms with E-state index in [0.29, 0.717) is 12.1 Å². The number of carbonyl (C=O) groups excluding carboxylic acids is 1. The number of hydrogen-bond donors (Lipinski definition) is 1. The number of para-hydroxylation sites is 1. The maximum absolute atomic E-state index is 13.2. The van der Waals surface area contributed by atoms with Crippen LogP contribution in [-0.4, -0.2) is 21.4 Å². The van der Waals surface area contributed by atoms with E-state index in [1.54, 1.807) is 0 Å². The zero-order chi connectivity index (χ0) is 22.3. The van der Waals surface area contributed by atoms with Gasteiger partial charge in [0.1, 0.15) is 5.82 Å². The van der Waals surface area contributed by atoms with E-state index in [0.717, 1.165) is 34.7 Å². The predicted octanol–water partition coefficient (Wildman–Crippen LogP) is 6.11. The molecule has 4 aromatic rings. The second-order valence-electron chi connectivity index (χ2n) is 7.35. The van der Waals surface area contributed by atoms with Crippen LogP contribution < -0.4 is 5.32 Å². The lowest BCUT2D eigenvalue weighted by atomic mass is 10.1. The maximum atomic E-state index is 13.2. The van der Waals surface area contributed by atoms with E-state index in [2.05, 4.69) is 36.5 Å². The van der Waals surface area contributed by atoms with Crippen LogP contribution in [0.25, 0.3) is 16.9 Å². The van der Waals surface area contributed by atoms with Crippen molar-refractivity contribution in [3.63, 3.8) is 0 Å². The van der Waals surface area contributed by atoms with E-state index < -0.39 is 0 Å². The predicted molar refractivity (Wildman–Crippen MR) is 128 cm³/mol. The molecule has 0 spiro atoms. The number of amides is 1. The van der Waals surface area contributed by atoms with E-state index in [9.17, 15) is 9.18 Å². The van der Waals surface area contributed by atoms with Crippen molar-refractivity contribution in [2.75, 3.05) is 5.75 Å². The number of hydrogen-bond acceptors (Lipinski definition) is 3. The van der Waals surface area contributed by atoms with Gasteiger partial charge in [0.15, 0.2) is 0 Å². The molecule has 0 saturated carbocycles. The maximum Gasteiger partial charge on any atom is 0.251 e. The van der Waals surface area contributed by atoms with Crippen LogP contribution in [0.15, 0.2) is 90.0 Å². The minimum atomic E-state index is -0.367. The molecule has 1 N–H and O–H groups in total. The third kappa shape index (κ3) is 5.26. The first-order chi connectivity index (χ1) is 15.6. The first-order valence-corrected chi connectivity index (χ1v) is 11.5. The molecule has 4 rings (SSSR count). The second-order valence-corrected chi connectivity index (χ2v) is 8.51. The van der Waals surface area contributed by atoms with E-state index in [1.807, 2.05) is 53.0 Å². The monoisotopic (exact) mass is 445 g/mol. The molecule has 0 saturated heterocycles. The normalized spacial score (nSPS) is 10.8. The molecule has 6 heteroatoms. The van der Waals surface area contributed by atoms with Gasteiger partial charge in [-0.15, -0.1) is 11.8 Å². The van der Waals surface area contributed by atoms with Crippen LogP contribution in [0.4, 0.5) is 4.39 Å². The summed E-state index contributed by atoms with van der Waals surface area (Å²) >= 11 is 1.83. The van der Waals surface area contributed by atoms with Crippen LogP contribution in [0.5, 0.6) is 0 Å². The number of benzene rings is 3. The van der Waals surface area contributed by atoms with Gasteiger partial charge >= 0.3 is 0 Å². The second kappa shape index (κ2) is 10.3. The molecule has 0 unspecified atom stereocenters. The highest BCUT2D eigenvalue weighted by atomic mass is 32.2. The largest absolute Gasteiger partial charge is 0.348 e. The standard InChI is InChI=1S/C26H24FN3OS/c1-2-16-32-24-14-10-19(11-15-24)25-21(18-30(29-25)23-6-4-3-5-7-23)17-28-26(31)20-8-12-22(27)13-9-20/h3-15,18H,2,16-17H2,1H3,(H,28,31). The lowest BCUT2D eigenvalue weighted by molar-refractivity contribution is 0.0951. The summed E-state index contributed by atoms with van der Waals surface area (Å²) in [6, 6.07) is 23.8. The van der Waals surface area contributed by atoms with Crippen LogP contribution in [-0.2, 0) is 6.54 Å². The van der Waals surface area contributed by atoms with E-state index in [-0.39, 0.29) is 11.7 Å². The first-order valence-electron chi connectivity index (χ1n) is 10.5. The molecule has 0 atom stereocenters. The number of nitrogens with zero attached hydrogens (tertiary/aromatic N) is 2. The van der Waals surface area contributed by atoms with Crippen molar-refractivity contribution in [1.29, 1.82) is 0 Å². The highest BCUT2D eigenvalue weighted by molar-refractivity contribution is 7.99. The quantitative estimate of drug-likeness (QED) is 0.333. The number of carbonyl (C=O) groups is 1. The Morgan fingerprint density at radius 1 is 1.00 bits per heavy atom. The molecule has 162 valence electrons. The summed E-state index contributed by atoms with van der Waals surface area (Å²) in [6.07, 6.45) is 3.07. The molecule has 1 aromatic heterocycles. The number of nitrogens with one attached hydrogen (secondary N) is 1. The summed E-state index contributed by atoms with van der Waals surface area (Å²) in [5, 5.41) is 7.74. The van der Waals surface area contributed by atoms with Crippen molar-refractivity contribution in [1.82, 2.24) is 15.1 Å². The molecule has 0 bridgehead atoms. The Morgan fingerprint density at radius 2 is 1.72 bits per heavy atom. The van der Waals surface area contributed by atoms with Crippen molar-refractivity contribution in [3.8, 4) is 16.9 Å². The Labute approximate surface area is 191 Å². The fourth-order valence-corrected chi connectivity index (χ4v) is 4.07. The molecule has 4 nitrogen and oxygen atoms in total. The number of rotatable bonds is 8. The van der Waals surface area contributed by atoms with Crippen LogP contribution in [0.1, 0.15) is 29.3 Å². The molecule has 0 aliphatic rings. The van der Waals surface area contributed by atoms with E-state index in [1.165, 1.54) is 29.2 Å². The Morgan fingerprint density at radius 3 is 2.41 bits per heavy atom. The number of halogens is 1. The summed E-state index contributed by atoms with van der Waals surface area (Å²) in [4.78, 5) is 13.8. The average molecular weight is 446 g/mol. The third-order valence-electron chi connectivity index (χ3n) is 4.96. The minimum absolute atomic E-state index is 0.255. The van der Waals surface area contributed by atoms with Crippen molar-refractivity contribution in [2.45, 2.75) is 24.8 Å². The minimum Gasteiger partial charge on any atom is -0.348 e. The molecule has 32 heavy (non-hydrogen) atoms. The van der Waals surface area contributed by atoms with Gasteiger partial charge in [-0.1, -0.05) is 37.3 Å². The summed E-state index contributed by atoms with van der Waals surface area (Å²) in [5.74, 6) is 0.464. The fraction of sp³-hybridized carbons (Fsp3) is 0.154. The molecule has 0 aliphatic heterocycles. The smallest absolute Gasteiger partial charge is 0.251 e. The van der Waals surface area contributed by atoms with Gasteiger partial charge in [-0.3, -0.25) is 4.79 Å². The third-order valence-corrected chi connectivity index (χ3v) is 6.18. The molecule has 1 heterocycles. The van der Waals surface area contributed by atoms with Crippen LogP contribution in [0.3, 0.4) is 0 Å². The lowest BCUT2D eigenvalue weighted by Gasteiger charge is -2.07. The molecule has 0 aliphatic carbocycles. The summed E-state index contributed by atoms with van der Waals surface area (Å²) < 4.78 is 15.0. The number of aromatic nitrogens is 2. The Balaban J connectivity index is 1.60. The van der Waals surface area contributed by atoms with Gasteiger partial charge < -0.3 is 5.32 Å². The number of thioether (sulfide) groups is 1. The van der Waals surface area contributed by atoms with Crippen LogP contribution in [0.2, 0.25) is 0 Å². The molecule has 0 fully saturated rings. The topological polar surface area (TPSA) is 46.9 Å². The van der Waals surface area contributed by atoms with Crippen LogP contribution >= 0.6 is 11.8 Å².